The molecule has 0 bridgehead atoms. The number of benzene rings is 3. The van der Waals surface area contributed by atoms with Gasteiger partial charge in [0.15, 0.2) is 0 Å². The maximum absolute atomic E-state index is 14.9. The molecular formula is C23H12ClF5N2O3. The van der Waals surface area contributed by atoms with Crippen LogP contribution in [0.4, 0.5) is 22.0 Å². The van der Waals surface area contributed by atoms with E-state index >= 15 is 0 Å². The highest BCUT2D eigenvalue weighted by atomic mass is 35.5. The van der Waals surface area contributed by atoms with Crippen LogP contribution in [-0.2, 0) is 10.9 Å². The van der Waals surface area contributed by atoms with Crippen LogP contribution in [0, 0.1) is 11.6 Å². The Morgan fingerprint density at radius 2 is 1.71 bits per heavy atom. The molecule has 0 unspecified atom stereocenters. The summed E-state index contributed by atoms with van der Waals surface area (Å²) in [6.07, 6.45) is -4.91. The summed E-state index contributed by atoms with van der Waals surface area (Å²) < 4.78 is 75.4. The van der Waals surface area contributed by atoms with E-state index in [2.05, 4.69) is 9.84 Å². The summed E-state index contributed by atoms with van der Waals surface area (Å²) in [6, 6.07) is 9.48. The highest BCUT2D eigenvalue weighted by Gasteiger charge is 2.37. The molecule has 11 heteroatoms. The first-order chi connectivity index (χ1) is 16.0. The number of carbonyl (C=O) groups excluding carboxylic acids is 2. The van der Waals surface area contributed by atoms with Crippen LogP contribution in [0.5, 0.6) is 0 Å². The molecule has 0 saturated heterocycles. The monoisotopic (exact) mass is 494 g/mol. The van der Waals surface area contributed by atoms with Gasteiger partial charge in [0, 0.05) is 5.56 Å². The number of hydrogen-bond acceptors (Lipinski definition) is 4. The van der Waals surface area contributed by atoms with Gasteiger partial charge in [0.05, 0.1) is 39.7 Å². The zero-order valence-corrected chi connectivity index (χ0v) is 17.8. The van der Waals surface area contributed by atoms with Gasteiger partial charge >= 0.3 is 12.1 Å². The predicted molar refractivity (Wildman–Crippen MR) is 113 cm³/mol. The fraction of sp³-hybridized carbons (Fsp3) is 0.0870. The van der Waals surface area contributed by atoms with Gasteiger partial charge in [-0.05, 0) is 42.5 Å². The highest BCUT2D eigenvalue weighted by Crippen LogP contribution is 2.37. The Morgan fingerprint density at radius 3 is 2.35 bits per heavy atom. The second-order valence-corrected chi connectivity index (χ2v) is 7.45. The summed E-state index contributed by atoms with van der Waals surface area (Å²) in [6.45, 7) is 0. The molecule has 0 aliphatic rings. The van der Waals surface area contributed by atoms with Gasteiger partial charge in [-0.25, -0.2) is 13.6 Å². The number of halogens is 6. The van der Waals surface area contributed by atoms with Crippen LogP contribution in [0.2, 0.25) is 5.02 Å². The number of aromatic nitrogens is 2. The molecule has 0 spiro atoms. The van der Waals surface area contributed by atoms with E-state index < -0.39 is 45.8 Å². The van der Waals surface area contributed by atoms with E-state index in [1.54, 1.807) is 0 Å². The van der Waals surface area contributed by atoms with Crippen molar-refractivity contribution in [2.24, 2.45) is 0 Å². The van der Waals surface area contributed by atoms with Crippen LogP contribution in [0.3, 0.4) is 0 Å². The van der Waals surface area contributed by atoms with Crippen molar-refractivity contribution in [2.75, 3.05) is 7.11 Å². The molecule has 0 amide bonds. The lowest BCUT2D eigenvalue weighted by Gasteiger charge is -2.13. The van der Waals surface area contributed by atoms with Crippen molar-refractivity contribution < 1.29 is 36.3 Å². The first-order valence-electron chi connectivity index (χ1n) is 9.50. The van der Waals surface area contributed by atoms with Gasteiger partial charge in [-0.3, -0.25) is 4.79 Å². The first kappa shape index (κ1) is 23.4. The molecule has 1 aromatic heterocycles. The lowest BCUT2D eigenvalue weighted by atomic mass is 10.0. The second-order valence-electron chi connectivity index (χ2n) is 7.05. The summed E-state index contributed by atoms with van der Waals surface area (Å²) >= 11 is 5.93. The predicted octanol–water partition coefficient (Wildman–Crippen LogP) is 6.13. The zero-order chi connectivity index (χ0) is 24.8. The number of esters is 1. The summed E-state index contributed by atoms with van der Waals surface area (Å²) in [5.74, 6) is -3.98. The van der Waals surface area contributed by atoms with Crippen LogP contribution in [0.1, 0.15) is 26.3 Å². The Hall–Kier alpha value is -3.79. The lowest BCUT2D eigenvalue weighted by Crippen LogP contribution is -2.20. The number of methoxy groups -OCH3 is 1. The second kappa shape index (κ2) is 8.53. The number of fused-ring (bicyclic) bond motifs is 1. The molecule has 5 nitrogen and oxygen atoms in total. The van der Waals surface area contributed by atoms with Crippen LogP contribution in [-0.4, -0.2) is 28.8 Å². The lowest BCUT2D eigenvalue weighted by molar-refractivity contribution is -0.137. The average Bonchev–Trinajstić information content (AvgIpc) is 3.18. The Balaban J connectivity index is 1.97. The first-order valence-corrected chi connectivity index (χ1v) is 9.88. The molecule has 0 aliphatic heterocycles. The van der Waals surface area contributed by atoms with Gasteiger partial charge in [-0.1, -0.05) is 23.7 Å². The summed E-state index contributed by atoms with van der Waals surface area (Å²) in [4.78, 5) is 24.9. The van der Waals surface area contributed by atoms with Gasteiger partial charge in [-0.15, -0.1) is 0 Å². The van der Waals surface area contributed by atoms with Gasteiger partial charge < -0.3 is 4.74 Å². The van der Waals surface area contributed by atoms with E-state index in [1.807, 2.05) is 0 Å². The Labute approximate surface area is 193 Å². The summed E-state index contributed by atoms with van der Waals surface area (Å²) in [5, 5.41) is 3.17. The SMILES string of the molecule is COC(=O)c1ccc(-c2nn(C(=O)c3c(Cl)cccc3C(F)(F)F)c3cccc(F)c23)c(F)c1. The minimum Gasteiger partial charge on any atom is -0.465 e. The molecule has 0 aliphatic carbocycles. The standard InChI is InChI=1S/C23H12ClF5N2O3/c1-34-22(33)11-8-9-12(16(26)10-11)20-19-15(25)6-3-7-17(19)31(30-20)21(32)18-13(23(27,28)29)4-2-5-14(18)24/h2-10H,1H3. The van der Waals surface area contributed by atoms with Crippen molar-refractivity contribution in [1.82, 2.24) is 9.78 Å². The van der Waals surface area contributed by atoms with E-state index in [9.17, 15) is 31.5 Å². The molecule has 34 heavy (non-hydrogen) atoms. The number of alkyl halides is 3. The van der Waals surface area contributed by atoms with Crippen LogP contribution < -0.4 is 0 Å². The van der Waals surface area contributed by atoms with Crippen molar-refractivity contribution in [1.29, 1.82) is 0 Å². The third-order valence-corrected chi connectivity index (χ3v) is 5.34. The highest BCUT2D eigenvalue weighted by molar-refractivity contribution is 6.34. The topological polar surface area (TPSA) is 61.2 Å². The van der Waals surface area contributed by atoms with Crippen LogP contribution >= 0.6 is 11.6 Å². The average molecular weight is 495 g/mol. The van der Waals surface area contributed by atoms with Crippen LogP contribution in [0.25, 0.3) is 22.2 Å². The molecule has 3 aromatic carbocycles. The number of hydrogen-bond donors (Lipinski definition) is 0. The Morgan fingerprint density at radius 1 is 1.00 bits per heavy atom. The van der Waals surface area contributed by atoms with Crippen molar-refractivity contribution >= 4 is 34.4 Å². The van der Waals surface area contributed by atoms with Gasteiger partial charge in [0.2, 0.25) is 0 Å². The summed E-state index contributed by atoms with van der Waals surface area (Å²) in [7, 11) is 1.11. The third-order valence-electron chi connectivity index (χ3n) is 5.03. The molecule has 1 heterocycles. The van der Waals surface area contributed by atoms with Crippen molar-refractivity contribution in [3.63, 3.8) is 0 Å². The molecule has 0 radical (unpaired) electrons. The van der Waals surface area contributed by atoms with E-state index in [0.717, 1.165) is 37.4 Å². The third kappa shape index (κ3) is 3.90. The quantitative estimate of drug-likeness (QED) is 0.254. The van der Waals surface area contributed by atoms with Crippen molar-refractivity contribution in [3.8, 4) is 11.3 Å². The van der Waals surface area contributed by atoms with Crippen molar-refractivity contribution in [3.05, 3.63) is 87.9 Å². The number of ether oxygens (including phenoxy) is 1. The molecule has 4 rings (SSSR count). The molecule has 0 atom stereocenters. The van der Waals surface area contributed by atoms with Crippen LogP contribution in [0.15, 0.2) is 54.6 Å². The Kier molecular flexibility index (Phi) is 5.86. The van der Waals surface area contributed by atoms with E-state index in [1.165, 1.54) is 18.2 Å². The molecule has 4 aromatic rings. The fourth-order valence-corrected chi connectivity index (χ4v) is 3.76. The number of rotatable bonds is 3. The minimum absolute atomic E-state index is 0.130. The fourth-order valence-electron chi connectivity index (χ4n) is 3.51. The van der Waals surface area contributed by atoms with Gasteiger partial charge in [0.25, 0.3) is 5.91 Å². The molecule has 174 valence electrons. The zero-order valence-electron chi connectivity index (χ0n) is 17.1. The normalized spacial score (nSPS) is 11.6. The molecular weight excluding hydrogens is 483 g/mol. The largest absolute Gasteiger partial charge is 0.465 e. The Bertz CT molecular complexity index is 1460. The minimum atomic E-state index is -4.91. The van der Waals surface area contributed by atoms with E-state index in [0.29, 0.717) is 10.7 Å². The molecule has 0 saturated carbocycles. The van der Waals surface area contributed by atoms with Gasteiger partial charge in [-0.2, -0.15) is 23.0 Å². The van der Waals surface area contributed by atoms with E-state index in [4.69, 9.17) is 11.6 Å². The number of nitrogens with zero attached hydrogens (tertiary/aromatic N) is 2. The van der Waals surface area contributed by atoms with E-state index in [-0.39, 0.29) is 27.7 Å². The maximum atomic E-state index is 14.9. The molecule has 0 fully saturated rings. The number of carbonyl (C=O) groups is 2. The van der Waals surface area contributed by atoms with Gasteiger partial charge in [0.1, 0.15) is 17.3 Å². The molecule has 0 N–H and O–H groups in total. The van der Waals surface area contributed by atoms with Crippen molar-refractivity contribution in [2.45, 2.75) is 6.18 Å². The smallest absolute Gasteiger partial charge is 0.417 e. The maximum Gasteiger partial charge on any atom is 0.417 e. The summed E-state index contributed by atoms with van der Waals surface area (Å²) in [5.41, 5.74) is -3.17.